The Bertz CT molecular complexity index is 631. The van der Waals surface area contributed by atoms with Crippen molar-refractivity contribution in [3.05, 3.63) is 34.9 Å². The van der Waals surface area contributed by atoms with E-state index in [1.807, 2.05) is 29.2 Å². The van der Waals surface area contributed by atoms with Crippen LogP contribution in [0.3, 0.4) is 0 Å². The normalized spacial score (nSPS) is 21.4. The van der Waals surface area contributed by atoms with Crippen LogP contribution in [0, 0.1) is 5.92 Å². The van der Waals surface area contributed by atoms with E-state index in [2.05, 4.69) is 10.6 Å². The Kier molecular flexibility index (Phi) is 6.92. The molecule has 3 rings (SSSR count). The number of nitrogens with one attached hydrogen (secondary N) is 2. The summed E-state index contributed by atoms with van der Waals surface area (Å²) in [7, 11) is 0. The number of carbonyl (C=O) groups is 2. The summed E-state index contributed by atoms with van der Waals surface area (Å²) in [5, 5.41) is 6.83. The van der Waals surface area contributed by atoms with Crippen molar-refractivity contribution in [3.63, 3.8) is 0 Å². The topological polar surface area (TPSA) is 61.4 Å². The minimum atomic E-state index is -0.0507. The van der Waals surface area contributed by atoms with E-state index < -0.39 is 0 Å². The Labute approximate surface area is 160 Å². The van der Waals surface area contributed by atoms with Crippen molar-refractivity contribution < 1.29 is 9.59 Å². The third kappa shape index (κ3) is 5.21. The molecule has 2 fully saturated rings. The molecule has 0 bridgehead atoms. The highest BCUT2D eigenvalue weighted by molar-refractivity contribution is 6.30. The summed E-state index contributed by atoms with van der Waals surface area (Å²) >= 11 is 6.11. The van der Waals surface area contributed by atoms with Crippen molar-refractivity contribution in [1.29, 1.82) is 0 Å². The van der Waals surface area contributed by atoms with Gasteiger partial charge < -0.3 is 15.5 Å². The molecule has 1 aromatic rings. The van der Waals surface area contributed by atoms with Gasteiger partial charge in [0.1, 0.15) is 0 Å². The molecule has 1 aromatic carbocycles. The standard InChI is InChI=1S/C20H28ClN3O2/c21-17-8-4-7-16(12-17)18-13-22-9-10-24(18)20(26)14-23-19(25)11-15-5-2-1-3-6-15/h4,7-8,12,15,18,22H,1-3,5-6,9-11,13-14H2,(H,23,25). The quantitative estimate of drug-likeness (QED) is 0.829. The Morgan fingerprint density at radius 2 is 2.04 bits per heavy atom. The van der Waals surface area contributed by atoms with E-state index in [0.29, 0.717) is 30.5 Å². The Hall–Kier alpha value is -1.59. The fourth-order valence-corrected chi connectivity index (χ4v) is 4.21. The van der Waals surface area contributed by atoms with Gasteiger partial charge in [-0.3, -0.25) is 9.59 Å². The smallest absolute Gasteiger partial charge is 0.242 e. The first-order valence-corrected chi connectivity index (χ1v) is 10.0. The molecule has 142 valence electrons. The number of piperazine rings is 1. The average molecular weight is 378 g/mol. The molecule has 1 atom stereocenters. The van der Waals surface area contributed by atoms with E-state index >= 15 is 0 Å². The minimum Gasteiger partial charge on any atom is -0.347 e. The van der Waals surface area contributed by atoms with Crippen LogP contribution in [0.25, 0.3) is 0 Å². The van der Waals surface area contributed by atoms with E-state index in [0.717, 1.165) is 24.9 Å². The SMILES string of the molecule is O=C(CC1CCCCC1)NCC(=O)N1CCNCC1c1cccc(Cl)c1. The fourth-order valence-electron chi connectivity index (χ4n) is 4.02. The zero-order valence-electron chi connectivity index (χ0n) is 15.2. The van der Waals surface area contributed by atoms with E-state index in [4.69, 9.17) is 11.6 Å². The second-order valence-electron chi connectivity index (χ2n) is 7.35. The van der Waals surface area contributed by atoms with E-state index in [9.17, 15) is 9.59 Å². The Morgan fingerprint density at radius 1 is 1.23 bits per heavy atom. The maximum absolute atomic E-state index is 12.7. The summed E-state index contributed by atoms with van der Waals surface area (Å²) < 4.78 is 0. The number of halogens is 1. The molecular weight excluding hydrogens is 350 g/mol. The Balaban J connectivity index is 1.54. The molecule has 1 unspecified atom stereocenters. The van der Waals surface area contributed by atoms with Gasteiger partial charge in [0.05, 0.1) is 12.6 Å². The van der Waals surface area contributed by atoms with Gasteiger partial charge in [-0.25, -0.2) is 0 Å². The van der Waals surface area contributed by atoms with E-state index in [1.165, 1.54) is 19.3 Å². The highest BCUT2D eigenvalue weighted by Gasteiger charge is 2.28. The van der Waals surface area contributed by atoms with E-state index in [1.54, 1.807) is 0 Å². The summed E-state index contributed by atoms with van der Waals surface area (Å²) in [6, 6.07) is 7.58. The van der Waals surface area contributed by atoms with Crippen molar-refractivity contribution in [3.8, 4) is 0 Å². The van der Waals surface area contributed by atoms with Crippen molar-refractivity contribution in [1.82, 2.24) is 15.5 Å². The van der Waals surface area contributed by atoms with Crippen LogP contribution in [0.1, 0.15) is 50.1 Å². The van der Waals surface area contributed by atoms with Crippen molar-refractivity contribution in [2.75, 3.05) is 26.2 Å². The molecule has 6 heteroatoms. The molecule has 1 heterocycles. The van der Waals surface area contributed by atoms with Gasteiger partial charge in [-0.05, 0) is 36.5 Å². The molecule has 2 N–H and O–H groups in total. The molecule has 26 heavy (non-hydrogen) atoms. The molecule has 1 saturated carbocycles. The third-order valence-corrected chi connectivity index (χ3v) is 5.67. The van der Waals surface area contributed by atoms with Gasteiger partial charge in [0, 0.05) is 31.1 Å². The number of benzene rings is 1. The zero-order valence-corrected chi connectivity index (χ0v) is 15.9. The molecule has 1 aliphatic carbocycles. The van der Waals surface area contributed by atoms with Crippen LogP contribution in [-0.2, 0) is 9.59 Å². The fraction of sp³-hybridized carbons (Fsp3) is 0.600. The molecule has 2 amide bonds. The van der Waals surface area contributed by atoms with Gasteiger partial charge in [0.15, 0.2) is 0 Å². The van der Waals surface area contributed by atoms with Gasteiger partial charge in [0.25, 0.3) is 0 Å². The monoisotopic (exact) mass is 377 g/mol. The largest absolute Gasteiger partial charge is 0.347 e. The van der Waals surface area contributed by atoms with Crippen molar-refractivity contribution >= 4 is 23.4 Å². The molecular formula is C20H28ClN3O2. The predicted octanol–water partition coefficient (Wildman–Crippen LogP) is 2.90. The first kappa shape index (κ1) is 19.2. The first-order valence-electron chi connectivity index (χ1n) is 9.66. The van der Waals surface area contributed by atoms with Crippen LogP contribution < -0.4 is 10.6 Å². The first-order chi connectivity index (χ1) is 12.6. The van der Waals surface area contributed by atoms with Crippen LogP contribution in [-0.4, -0.2) is 42.9 Å². The van der Waals surface area contributed by atoms with Gasteiger partial charge in [-0.2, -0.15) is 0 Å². The van der Waals surface area contributed by atoms with Crippen LogP contribution >= 0.6 is 11.6 Å². The van der Waals surface area contributed by atoms with Gasteiger partial charge in [0.2, 0.25) is 11.8 Å². The summed E-state index contributed by atoms with van der Waals surface area (Å²) in [6.07, 6.45) is 6.54. The van der Waals surface area contributed by atoms with Crippen molar-refractivity contribution in [2.45, 2.75) is 44.6 Å². The molecule has 0 aromatic heterocycles. The minimum absolute atomic E-state index is 0.000287. The van der Waals surface area contributed by atoms with Gasteiger partial charge >= 0.3 is 0 Å². The number of hydrogen-bond donors (Lipinski definition) is 2. The molecule has 0 radical (unpaired) electrons. The van der Waals surface area contributed by atoms with Crippen LogP contribution in [0.2, 0.25) is 5.02 Å². The van der Waals surface area contributed by atoms with Crippen LogP contribution in [0.4, 0.5) is 0 Å². The molecule has 2 aliphatic rings. The number of amides is 2. The maximum Gasteiger partial charge on any atom is 0.242 e. The molecule has 5 nitrogen and oxygen atoms in total. The summed E-state index contributed by atoms with van der Waals surface area (Å²) in [6.45, 7) is 2.16. The second-order valence-corrected chi connectivity index (χ2v) is 7.78. The second kappa shape index (κ2) is 9.38. The lowest BCUT2D eigenvalue weighted by Crippen LogP contribution is -2.51. The summed E-state index contributed by atoms with van der Waals surface area (Å²) in [5.41, 5.74) is 1.02. The van der Waals surface area contributed by atoms with Crippen LogP contribution in [0.5, 0.6) is 0 Å². The number of nitrogens with zero attached hydrogens (tertiary/aromatic N) is 1. The number of hydrogen-bond acceptors (Lipinski definition) is 3. The van der Waals surface area contributed by atoms with Crippen LogP contribution in [0.15, 0.2) is 24.3 Å². The maximum atomic E-state index is 12.7. The molecule has 0 spiro atoms. The lowest BCUT2D eigenvalue weighted by molar-refractivity contribution is -0.135. The molecule has 1 aliphatic heterocycles. The van der Waals surface area contributed by atoms with Gasteiger partial charge in [-0.15, -0.1) is 0 Å². The lowest BCUT2D eigenvalue weighted by atomic mass is 9.87. The Morgan fingerprint density at radius 3 is 2.81 bits per heavy atom. The highest BCUT2D eigenvalue weighted by atomic mass is 35.5. The summed E-state index contributed by atoms with van der Waals surface area (Å²) in [4.78, 5) is 26.7. The van der Waals surface area contributed by atoms with Crippen molar-refractivity contribution in [2.24, 2.45) is 5.92 Å². The third-order valence-electron chi connectivity index (χ3n) is 5.43. The summed E-state index contributed by atoms with van der Waals surface area (Å²) in [5.74, 6) is 0.449. The lowest BCUT2D eigenvalue weighted by Gasteiger charge is -2.36. The highest BCUT2D eigenvalue weighted by Crippen LogP contribution is 2.26. The van der Waals surface area contributed by atoms with Gasteiger partial charge in [-0.1, -0.05) is 43.0 Å². The zero-order chi connectivity index (χ0) is 18.4. The number of rotatable bonds is 5. The average Bonchev–Trinajstić information content (AvgIpc) is 2.67. The predicted molar refractivity (Wildman–Crippen MR) is 103 cm³/mol. The molecule has 1 saturated heterocycles. The van der Waals surface area contributed by atoms with E-state index in [-0.39, 0.29) is 24.4 Å². The number of carbonyl (C=O) groups excluding carboxylic acids is 2.